The predicted octanol–water partition coefficient (Wildman–Crippen LogP) is 3.69. The molecule has 1 spiro atoms. The van der Waals surface area contributed by atoms with Crippen LogP contribution in [0.3, 0.4) is 0 Å². The van der Waals surface area contributed by atoms with Crippen molar-refractivity contribution < 1.29 is 14.4 Å². The number of halogens is 1. The number of nitrogens with zero attached hydrogens (tertiary/aromatic N) is 1. The number of hydrogen-bond donors (Lipinski definition) is 2. The summed E-state index contributed by atoms with van der Waals surface area (Å²) in [7, 11) is 0. The molecule has 0 aromatic heterocycles. The first kappa shape index (κ1) is 20.4. The molecule has 0 unspecified atom stereocenters. The molecule has 7 heteroatoms. The van der Waals surface area contributed by atoms with Crippen molar-refractivity contribution in [1.82, 2.24) is 15.5 Å². The molecule has 2 aromatic rings. The van der Waals surface area contributed by atoms with Crippen molar-refractivity contribution in [1.29, 1.82) is 0 Å². The average Bonchev–Trinajstić information content (AvgIpc) is 2.87. The van der Waals surface area contributed by atoms with Crippen molar-refractivity contribution in [3.63, 3.8) is 0 Å². The van der Waals surface area contributed by atoms with Gasteiger partial charge in [0.2, 0.25) is 5.91 Å². The molecule has 1 fully saturated rings. The Hall–Kier alpha value is -2.86. The van der Waals surface area contributed by atoms with Crippen LogP contribution in [0.1, 0.15) is 48.9 Å². The molecule has 0 bridgehead atoms. The van der Waals surface area contributed by atoms with E-state index >= 15 is 0 Å². The smallest absolute Gasteiger partial charge is 0.325 e. The Kier molecular flexibility index (Phi) is 5.52. The molecule has 0 radical (unpaired) electrons. The van der Waals surface area contributed by atoms with Crippen molar-refractivity contribution >= 4 is 29.4 Å². The average molecular weight is 426 g/mol. The second kappa shape index (κ2) is 8.11. The highest BCUT2D eigenvalue weighted by molar-refractivity contribution is 6.31. The molecule has 1 heterocycles. The van der Waals surface area contributed by atoms with Gasteiger partial charge in [0, 0.05) is 5.02 Å². The molecule has 2 aliphatic rings. The van der Waals surface area contributed by atoms with Crippen LogP contribution in [0, 0.1) is 0 Å². The third-order valence-corrected chi connectivity index (χ3v) is 6.30. The zero-order valence-corrected chi connectivity index (χ0v) is 17.5. The van der Waals surface area contributed by atoms with Gasteiger partial charge in [-0.3, -0.25) is 14.5 Å². The Labute approximate surface area is 180 Å². The number of imide groups is 1. The standard InChI is InChI=1S/C23H24ClN3O3/c1-15(17-10-3-5-12-19(17)24)25-20(28)14-27-21(29)23(26-22(27)30)13-7-6-9-16-8-2-4-11-18(16)23/h2-5,8,10-12,15H,6-7,9,13-14H2,1H3,(H,25,28)(H,26,30)/t15-,23+/m0/s1. The van der Waals surface area contributed by atoms with E-state index in [0.29, 0.717) is 11.4 Å². The van der Waals surface area contributed by atoms with E-state index in [1.165, 1.54) is 0 Å². The van der Waals surface area contributed by atoms with E-state index < -0.39 is 17.5 Å². The van der Waals surface area contributed by atoms with Gasteiger partial charge in [0.15, 0.2) is 0 Å². The summed E-state index contributed by atoms with van der Waals surface area (Å²) in [6.45, 7) is 1.48. The molecule has 0 saturated carbocycles. The number of rotatable bonds is 4. The van der Waals surface area contributed by atoms with Crippen molar-refractivity contribution in [3.8, 4) is 0 Å². The third kappa shape index (κ3) is 3.56. The molecule has 2 aromatic carbocycles. The van der Waals surface area contributed by atoms with Gasteiger partial charge in [-0.15, -0.1) is 0 Å². The second-order valence-corrected chi connectivity index (χ2v) is 8.31. The lowest BCUT2D eigenvalue weighted by Gasteiger charge is -2.27. The van der Waals surface area contributed by atoms with Crippen LogP contribution in [-0.4, -0.2) is 29.3 Å². The summed E-state index contributed by atoms with van der Waals surface area (Å²) in [5.74, 6) is -0.771. The molecule has 1 aliphatic carbocycles. The van der Waals surface area contributed by atoms with Gasteiger partial charge < -0.3 is 10.6 Å². The Morgan fingerprint density at radius 2 is 1.90 bits per heavy atom. The fraction of sp³-hybridized carbons (Fsp3) is 0.348. The van der Waals surface area contributed by atoms with Gasteiger partial charge in [0.25, 0.3) is 5.91 Å². The topological polar surface area (TPSA) is 78.5 Å². The van der Waals surface area contributed by atoms with Crippen LogP contribution in [0.2, 0.25) is 5.02 Å². The van der Waals surface area contributed by atoms with E-state index in [4.69, 9.17) is 11.6 Å². The predicted molar refractivity (Wildman–Crippen MR) is 114 cm³/mol. The van der Waals surface area contributed by atoms with Gasteiger partial charge in [0.1, 0.15) is 12.1 Å². The normalized spacial score (nSPS) is 21.7. The first-order valence-corrected chi connectivity index (χ1v) is 10.6. The number of carbonyl (C=O) groups is 3. The van der Waals surface area contributed by atoms with Gasteiger partial charge in [-0.2, -0.15) is 0 Å². The third-order valence-electron chi connectivity index (χ3n) is 5.95. The van der Waals surface area contributed by atoms with E-state index in [9.17, 15) is 14.4 Å². The van der Waals surface area contributed by atoms with Crippen LogP contribution in [0.5, 0.6) is 0 Å². The van der Waals surface area contributed by atoms with Crippen LogP contribution in [-0.2, 0) is 21.5 Å². The van der Waals surface area contributed by atoms with E-state index in [0.717, 1.165) is 40.9 Å². The number of amides is 4. The zero-order valence-electron chi connectivity index (χ0n) is 16.8. The number of benzene rings is 2. The van der Waals surface area contributed by atoms with Gasteiger partial charge in [-0.1, -0.05) is 54.1 Å². The molecule has 156 valence electrons. The summed E-state index contributed by atoms with van der Waals surface area (Å²) in [6, 6.07) is 14.1. The van der Waals surface area contributed by atoms with E-state index in [1.54, 1.807) is 6.07 Å². The molecule has 2 atom stereocenters. The minimum absolute atomic E-state index is 0.330. The van der Waals surface area contributed by atoms with Gasteiger partial charge in [0.05, 0.1) is 6.04 Å². The lowest BCUT2D eigenvalue weighted by Crippen LogP contribution is -2.45. The summed E-state index contributed by atoms with van der Waals surface area (Å²) in [6.07, 6.45) is 3.18. The fourth-order valence-electron chi connectivity index (χ4n) is 4.45. The molecular weight excluding hydrogens is 402 g/mol. The molecule has 4 amide bonds. The summed E-state index contributed by atoms with van der Waals surface area (Å²) in [4.78, 5) is 39.8. The highest BCUT2D eigenvalue weighted by atomic mass is 35.5. The maximum absolute atomic E-state index is 13.4. The van der Waals surface area contributed by atoms with Crippen LogP contribution < -0.4 is 10.6 Å². The second-order valence-electron chi connectivity index (χ2n) is 7.90. The number of nitrogens with one attached hydrogen (secondary N) is 2. The zero-order chi connectivity index (χ0) is 21.3. The van der Waals surface area contributed by atoms with Crippen molar-refractivity contribution in [3.05, 3.63) is 70.2 Å². The van der Waals surface area contributed by atoms with Crippen LogP contribution in [0.15, 0.2) is 48.5 Å². The quantitative estimate of drug-likeness (QED) is 0.733. The molecule has 30 heavy (non-hydrogen) atoms. The summed E-state index contributed by atoms with van der Waals surface area (Å²) >= 11 is 6.20. The Bertz CT molecular complexity index is 1010. The number of aryl methyl sites for hydroxylation is 1. The number of fused-ring (bicyclic) bond motifs is 2. The maximum Gasteiger partial charge on any atom is 0.325 e. The highest BCUT2D eigenvalue weighted by Gasteiger charge is 2.53. The van der Waals surface area contributed by atoms with Gasteiger partial charge >= 0.3 is 6.03 Å². The van der Waals surface area contributed by atoms with Crippen molar-refractivity contribution in [2.45, 2.75) is 44.2 Å². The lowest BCUT2D eigenvalue weighted by atomic mass is 9.84. The molecule has 1 saturated heterocycles. The number of hydrogen-bond acceptors (Lipinski definition) is 3. The summed E-state index contributed by atoms with van der Waals surface area (Å²) in [5.41, 5.74) is 1.60. The minimum Gasteiger partial charge on any atom is -0.348 e. The van der Waals surface area contributed by atoms with E-state index in [1.807, 2.05) is 49.4 Å². The molecule has 2 N–H and O–H groups in total. The molecular formula is C23H24ClN3O3. The summed E-state index contributed by atoms with van der Waals surface area (Å²) < 4.78 is 0. The van der Waals surface area contributed by atoms with E-state index in [-0.39, 0.29) is 18.5 Å². The summed E-state index contributed by atoms with van der Waals surface area (Å²) in [5, 5.41) is 6.28. The monoisotopic (exact) mass is 425 g/mol. The van der Waals surface area contributed by atoms with Crippen molar-refractivity contribution in [2.24, 2.45) is 0 Å². The van der Waals surface area contributed by atoms with Crippen LogP contribution in [0.25, 0.3) is 0 Å². The Morgan fingerprint density at radius 1 is 1.17 bits per heavy atom. The number of carbonyl (C=O) groups excluding carboxylic acids is 3. The lowest BCUT2D eigenvalue weighted by molar-refractivity contribution is -0.135. The fourth-order valence-corrected chi connectivity index (χ4v) is 4.75. The molecule has 6 nitrogen and oxygen atoms in total. The first-order chi connectivity index (χ1) is 14.4. The SMILES string of the molecule is C[C@H](NC(=O)CN1C(=O)N[C@@]2(CCCCc3ccccc32)C1=O)c1ccccc1Cl. The van der Waals surface area contributed by atoms with Gasteiger partial charge in [-0.25, -0.2) is 4.79 Å². The molecule has 4 rings (SSSR count). The highest BCUT2D eigenvalue weighted by Crippen LogP contribution is 2.38. The Balaban J connectivity index is 1.53. The van der Waals surface area contributed by atoms with Crippen LogP contribution >= 0.6 is 11.6 Å². The molecule has 1 aliphatic heterocycles. The maximum atomic E-state index is 13.4. The van der Waals surface area contributed by atoms with Crippen molar-refractivity contribution in [2.75, 3.05) is 6.54 Å². The van der Waals surface area contributed by atoms with Crippen LogP contribution in [0.4, 0.5) is 4.79 Å². The Morgan fingerprint density at radius 3 is 2.70 bits per heavy atom. The minimum atomic E-state index is -1.08. The van der Waals surface area contributed by atoms with E-state index in [2.05, 4.69) is 10.6 Å². The number of urea groups is 1. The first-order valence-electron chi connectivity index (χ1n) is 10.2. The largest absolute Gasteiger partial charge is 0.348 e. The van der Waals surface area contributed by atoms with Gasteiger partial charge in [-0.05, 0) is 55.4 Å².